The highest BCUT2D eigenvalue weighted by atomic mass is 31.1. The van der Waals surface area contributed by atoms with Gasteiger partial charge in [0.1, 0.15) is 0 Å². The maximum Gasteiger partial charge on any atom is 0.0876 e. The zero-order valence-corrected chi connectivity index (χ0v) is 17.4. The van der Waals surface area contributed by atoms with Crippen LogP contribution in [-0.2, 0) is 4.57 Å². The van der Waals surface area contributed by atoms with Gasteiger partial charge in [0.05, 0.1) is 7.80 Å². The van der Waals surface area contributed by atoms with Crippen molar-refractivity contribution in [3.05, 3.63) is 0 Å². The average Bonchev–Trinajstić information content (AvgIpc) is 2.43. The largest absolute Gasteiger partial charge is 0.326 e. The molecule has 0 aromatic carbocycles. The van der Waals surface area contributed by atoms with Gasteiger partial charge < -0.3 is 4.57 Å². The Hall–Kier alpha value is 0.230. The van der Waals surface area contributed by atoms with Crippen LogP contribution < -0.4 is 0 Å². The molecule has 1 nitrogen and oxygen atoms in total. The van der Waals surface area contributed by atoms with Crippen molar-refractivity contribution in [2.45, 2.75) is 102 Å². The Morgan fingerprint density at radius 3 is 1.67 bits per heavy atom. The first-order valence-corrected chi connectivity index (χ1v) is 12.2. The maximum absolute atomic E-state index is 14.2. The second kappa shape index (κ2) is 6.14. The third-order valence-electron chi connectivity index (χ3n) is 8.28. The van der Waals surface area contributed by atoms with Crippen molar-refractivity contribution >= 4 is 7.80 Å². The minimum absolute atomic E-state index is 0.178. The minimum atomic E-state index is -1.55. The van der Waals surface area contributed by atoms with Crippen molar-refractivity contribution in [2.24, 2.45) is 35.5 Å². The molecule has 4 aliphatic rings. The molecule has 0 N–H and O–H groups in total. The zero-order chi connectivity index (χ0) is 17.1. The lowest BCUT2D eigenvalue weighted by atomic mass is 9.64. The Morgan fingerprint density at radius 2 is 1.12 bits per heavy atom. The fraction of sp³-hybridized carbons (Fsp3) is 1.00. The lowest BCUT2D eigenvalue weighted by Crippen LogP contribution is -2.47. The van der Waals surface area contributed by atoms with Crippen LogP contribution >= 0.6 is 7.80 Å². The highest BCUT2D eigenvalue weighted by Gasteiger charge is 2.54. The van der Waals surface area contributed by atoms with Gasteiger partial charge in [-0.15, -0.1) is 0 Å². The first-order chi connectivity index (χ1) is 11.3. The van der Waals surface area contributed by atoms with Crippen molar-refractivity contribution in [2.75, 3.05) is 0 Å². The Morgan fingerprint density at radius 1 is 0.667 bits per heavy atom. The van der Waals surface area contributed by atoms with E-state index < -0.39 is 7.80 Å². The third kappa shape index (κ3) is 3.06. The molecule has 2 heteroatoms. The second-order valence-corrected chi connectivity index (χ2v) is 14.2. The van der Waals surface area contributed by atoms with Gasteiger partial charge in [-0.3, -0.25) is 0 Å². The fourth-order valence-corrected chi connectivity index (χ4v) is 12.2. The van der Waals surface area contributed by atoms with Crippen LogP contribution in [0, 0.1) is 35.5 Å². The van der Waals surface area contributed by atoms with E-state index in [1.807, 2.05) is 0 Å². The molecule has 0 amide bonds. The van der Waals surface area contributed by atoms with E-state index in [2.05, 4.69) is 27.7 Å². The molecule has 4 saturated carbocycles. The summed E-state index contributed by atoms with van der Waals surface area (Å²) in [6.45, 7) is 9.77. The van der Waals surface area contributed by atoms with Crippen LogP contribution in [0.5, 0.6) is 0 Å². The molecule has 5 atom stereocenters. The molecule has 0 heterocycles. The summed E-state index contributed by atoms with van der Waals surface area (Å²) in [6.07, 6.45) is 13.5. The first-order valence-electron chi connectivity index (χ1n) is 10.8. The molecule has 4 bridgehead atoms. The SMILES string of the molecule is CC1CC2CC(C1)CC(C)([PH](=O)C13CC(C)CC(CC(C)C1)C3)C2. The van der Waals surface area contributed by atoms with Gasteiger partial charge in [0, 0.05) is 10.3 Å². The highest BCUT2D eigenvalue weighted by Crippen LogP contribution is 2.68. The number of rotatable bonds is 2. The summed E-state index contributed by atoms with van der Waals surface area (Å²) in [4.78, 5) is 0. The summed E-state index contributed by atoms with van der Waals surface area (Å²) in [7, 11) is -1.55. The quantitative estimate of drug-likeness (QED) is 0.503. The summed E-state index contributed by atoms with van der Waals surface area (Å²) in [6, 6.07) is 0. The van der Waals surface area contributed by atoms with Crippen LogP contribution in [0.15, 0.2) is 0 Å². The normalized spacial score (nSPS) is 55.8. The molecule has 0 saturated heterocycles. The summed E-state index contributed by atoms with van der Waals surface area (Å²) in [5, 5.41) is 0.410. The molecule has 4 fully saturated rings. The number of hydrogen-bond donors (Lipinski definition) is 0. The fourth-order valence-electron chi connectivity index (χ4n) is 8.40. The van der Waals surface area contributed by atoms with E-state index in [9.17, 15) is 4.57 Å². The monoisotopic (exact) mass is 350 g/mol. The lowest BCUT2D eigenvalue weighted by molar-refractivity contribution is 0.106. The molecule has 4 aliphatic carbocycles. The average molecular weight is 351 g/mol. The zero-order valence-electron chi connectivity index (χ0n) is 16.4. The van der Waals surface area contributed by atoms with E-state index in [1.54, 1.807) is 0 Å². The third-order valence-corrected chi connectivity index (χ3v) is 11.4. The topological polar surface area (TPSA) is 17.1 Å². The lowest BCUT2D eigenvalue weighted by Gasteiger charge is -2.55. The van der Waals surface area contributed by atoms with E-state index in [0.29, 0.717) is 0 Å². The van der Waals surface area contributed by atoms with Crippen LogP contribution in [0.25, 0.3) is 0 Å². The van der Waals surface area contributed by atoms with Crippen LogP contribution in [-0.4, -0.2) is 10.3 Å². The molecule has 0 aromatic heterocycles. The number of hydrogen-bond acceptors (Lipinski definition) is 1. The van der Waals surface area contributed by atoms with Gasteiger partial charge in [-0.1, -0.05) is 27.7 Å². The Bertz CT molecular complexity index is 475. The molecule has 5 unspecified atom stereocenters. The van der Waals surface area contributed by atoms with Gasteiger partial charge in [-0.2, -0.15) is 0 Å². The van der Waals surface area contributed by atoms with E-state index in [0.717, 1.165) is 35.5 Å². The molecule has 0 radical (unpaired) electrons. The Labute approximate surface area is 150 Å². The summed E-state index contributed by atoms with van der Waals surface area (Å²) < 4.78 is 14.2. The van der Waals surface area contributed by atoms with Crippen molar-refractivity contribution in [1.29, 1.82) is 0 Å². The molecule has 138 valence electrons. The highest BCUT2D eigenvalue weighted by molar-refractivity contribution is 7.48. The van der Waals surface area contributed by atoms with Gasteiger partial charge in [0.25, 0.3) is 0 Å². The molecule has 0 spiro atoms. The Kier molecular flexibility index (Phi) is 4.51. The van der Waals surface area contributed by atoms with Crippen LogP contribution in [0.3, 0.4) is 0 Å². The van der Waals surface area contributed by atoms with Crippen molar-refractivity contribution < 1.29 is 4.57 Å². The van der Waals surface area contributed by atoms with E-state index in [-0.39, 0.29) is 10.3 Å². The van der Waals surface area contributed by atoms with E-state index in [4.69, 9.17) is 0 Å². The van der Waals surface area contributed by atoms with Gasteiger partial charge in [0.2, 0.25) is 0 Å². The molecular formula is C22H39OP. The van der Waals surface area contributed by atoms with Crippen molar-refractivity contribution in [3.8, 4) is 0 Å². The Balaban J connectivity index is 1.60. The standard InChI is InChI=1S/C22H39OP/c1-15-5-19-9-20(6-15)13-21(4,12-19)24(23)22-10-16(2)7-18(14-22)8-17(3)11-22/h15-20,24H,5-14H2,1-4H3. The second-order valence-electron chi connectivity index (χ2n) is 11.3. The van der Waals surface area contributed by atoms with Gasteiger partial charge in [-0.25, -0.2) is 0 Å². The minimum Gasteiger partial charge on any atom is -0.326 e. The summed E-state index contributed by atoms with van der Waals surface area (Å²) >= 11 is 0. The van der Waals surface area contributed by atoms with Gasteiger partial charge in [0.15, 0.2) is 0 Å². The molecule has 24 heavy (non-hydrogen) atoms. The molecular weight excluding hydrogens is 311 g/mol. The van der Waals surface area contributed by atoms with Crippen LogP contribution in [0.1, 0.15) is 91.9 Å². The van der Waals surface area contributed by atoms with Gasteiger partial charge in [-0.05, 0) is 99.7 Å². The number of fused-ring (bicyclic) bond motifs is 4. The predicted octanol–water partition coefficient (Wildman–Crippen LogP) is 6.76. The molecule has 4 rings (SSSR count). The van der Waals surface area contributed by atoms with Gasteiger partial charge >= 0.3 is 0 Å². The summed E-state index contributed by atoms with van der Waals surface area (Å²) in [5.74, 6) is 5.14. The van der Waals surface area contributed by atoms with Crippen molar-refractivity contribution in [3.63, 3.8) is 0 Å². The smallest absolute Gasteiger partial charge is 0.0876 e. The van der Waals surface area contributed by atoms with E-state index in [1.165, 1.54) is 64.2 Å². The molecule has 0 aromatic rings. The maximum atomic E-state index is 14.2. The molecule has 0 aliphatic heterocycles. The van der Waals surface area contributed by atoms with Crippen LogP contribution in [0.2, 0.25) is 0 Å². The first kappa shape index (κ1) is 17.6. The van der Waals surface area contributed by atoms with E-state index >= 15 is 0 Å². The van der Waals surface area contributed by atoms with Crippen molar-refractivity contribution in [1.82, 2.24) is 0 Å². The predicted molar refractivity (Wildman–Crippen MR) is 104 cm³/mol. The van der Waals surface area contributed by atoms with Crippen LogP contribution in [0.4, 0.5) is 0 Å². The summed E-state index contributed by atoms with van der Waals surface area (Å²) in [5.41, 5.74) is 0.